The van der Waals surface area contributed by atoms with Crippen molar-refractivity contribution < 1.29 is 14.7 Å². The van der Waals surface area contributed by atoms with E-state index in [0.29, 0.717) is 23.7 Å². The number of carbonyl (C=O) groups is 2. The van der Waals surface area contributed by atoms with Crippen LogP contribution < -0.4 is 0 Å². The van der Waals surface area contributed by atoms with Crippen molar-refractivity contribution in [1.82, 2.24) is 9.88 Å². The van der Waals surface area contributed by atoms with Gasteiger partial charge in [0.25, 0.3) is 0 Å². The van der Waals surface area contributed by atoms with Gasteiger partial charge in [0.15, 0.2) is 0 Å². The quantitative estimate of drug-likeness (QED) is 0.903. The molecule has 1 atom stereocenters. The van der Waals surface area contributed by atoms with Crippen molar-refractivity contribution >= 4 is 34.8 Å². The molecule has 5 nitrogen and oxygen atoms in total. The van der Waals surface area contributed by atoms with Gasteiger partial charge in [-0.15, -0.1) is 11.3 Å². The van der Waals surface area contributed by atoms with Crippen molar-refractivity contribution in [2.75, 3.05) is 13.1 Å². The van der Waals surface area contributed by atoms with Crippen LogP contribution in [0.3, 0.4) is 0 Å². The fourth-order valence-electron chi connectivity index (χ4n) is 2.82. The van der Waals surface area contributed by atoms with Crippen LogP contribution in [0.4, 0.5) is 0 Å². The molecule has 1 N–H and O–H groups in total. The van der Waals surface area contributed by atoms with Crippen molar-refractivity contribution in [3.8, 4) is 10.6 Å². The van der Waals surface area contributed by atoms with Crippen molar-refractivity contribution in [2.24, 2.45) is 5.92 Å². The maximum absolute atomic E-state index is 12.4. The molecule has 3 rings (SSSR count). The standard InChI is InChI=1S/C17H17ClN2O3S/c18-14-6-2-1-5-13(14)16-19-12(10-24-16)8-15(21)20-7-3-4-11(9-20)17(22)23/h1-2,5-6,10-11H,3-4,7-9H2,(H,22,23)/t11-/m0/s1. The molecule has 126 valence electrons. The molecule has 2 heterocycles. The Morgan fingerprint density at radius 2 is 2.17 bits per heavy atom. The van der Waals surface area contributed by atoms with Gasteiger partial charge >= 0.3 is 5.97 Å². The SMILES string of the molecule is O=C(O)[C@H]1CCCN(C(=O)Cc2csc(-c3ccccc3Cl)n2)C1. The van der Waals surface area contributed by atoms with Crippen LogP contribution in [0.1, 0.15) is 18.5 Å². The molecule has 24 heavy (non-hydrogen) atoms. The van der Waals surface area contributed by atoms with Crippen LogP contribution in [0.25, 0.3) is 10.6 Å². The molecule has 1 aliphatic heterocycles. The van der Waals surface area contributed by atoms with E-state index in [1.165, 1.54) is 11.3 Å². The second kappa shape index (κ2) is 7.32. The number of hydrogen-bond donors (Lipinski definition) is 1. The number of carboxylic acids is 1. The Hall–Kier alpha value is -1.92. The van der Waals surface area contributed by atoms with E-state index in [4.69, 9.17) is 16.7 Å². The average Bonchev–Trinajstić information content (AvgIpc) is 3.03. The molecule has 2 aromatic rings. The highest BCUT2D eigenvalue weighted by Crippen LogP contribution is 2.30. The fourth-order valence-corrected chi connectivity index (χ4v) is 3.96. The second-order valence-electron chi connectivity index (χ2n) is 5.82. The van der Waals surface area contributed by atoms with Gasteiger partial charge in [0.2, 0.25) is 5.91 Å². The number of aromatic nitrogens is 1. The predicted octanol–water partition coefficient (Wildman–Crippen LogP) is 3.33. The zero-order valence-electron chi connectivity index (χ0n) is 12.9. The number of hydrogen-bond acceptors (Lipinski definition) is 4. The monoisotopic (exact) mass is 364 g/mol. The van der Waals surface area contributed by atoms with E-state index in [1.807, 2.05) is 29.6 Å². The number of amides is 1. The lowest BCUT2D eigenvalue weighted by Gasteiger charge is -2.30. The first-order valence-electron chi connectivity index (χ1n) is 7.74. The number of aliphatic carboxylic acids is 1. The topological polar surface area (TPSA) is 70.5 Å². The lowest BCUT2D eigenvalue weighted by atomic mass is 9.98. The first kappa shape index (κ1) is 16.9. The summed E-state index contributed by atoms with van der Waals surface area (Å²) in [6, 6.07) is 7.46. The molecule has 1 aromatic heterocycles. The number of nitrogens with zero attached hydrogens (tertiary/aromatic N) is 2. The molecule has 0 saturated carbocycles. The number of likely N-dealkylation sites (tertiary alicyclic amines) is 1. The van der Waals surface area contributed by atoms with Gasteiger partial charge in [-0.1, -0.05) is 29.8 Å². The van der Waals surface area contributed by atoms with Crippen LogP contribution in [0.2, 0.25) is 5.02 Å². The number of thiazole rings is 1. The number of carboxylic acid groups (broad SMARTS) is 1. The Morgan fingerprint density at radius 1 is 1.38 bits per heavy atom. The van der Waals surface area contributed by atoms with Crippen molar-refractivity contribution in [3.63, 3.8) is 0 Å². The smallest absolute Gasteiger partial charge is 0.308 e. The molecule has 7 heteroatoms. The molecule has 0 unspecified atom stereocenters. The fraction of sp³-hybridized carbons (Fsp3) is 0.353. The van der Waals surface area contributed by atoms with Crippen molar-refractivity contribution in [3.05, 3.63) is 40.4 Å². The largest absolute Gasteiger partial charge is 0.481 e. The zero-order valence-corrected chi connectivity index (χ0v) is 14.5. The lowest BCUT2D eigenvalue weighted by molar-refractivity contribution is -0.145. The summed E-state index contributed by atoms with van der Waals surface area (Å²) in [6.45, 7) is 0.903. The van der Waals surface area contributed by atoms with Crippen LogP contribution in [-0.2, 0) is 16.0 Å². The first-order chi connectivity index (χ1) is 11.5. The van der Waals surface area contributed by atoms with E-state index < -0.39 is 11.9 Å². The molecule has 0 spiro atoms. The summed E-state index contributed by atoms with van der Waals surface area (Å²) >= 11 is 7.63. The molecule has 0 aliphatic carbocycles. The Kier molecular flexibility index (Phi) is 5.16. The summed E-state index contributed by atoms with van der Waals surface area (Å²) in [5.74, 6) is -1.36. The molecule has 1 aromatic carbocycles. The summed E-state index contributed by atoms with van der Waals surface area (Å²) in [7, 11) is 0. The van der Waals surface area contributed by atoms with Gasteiger partial charge in [0.1, 0.15) is 5.01 Å². The van der Waals surface area contributed by atoms with E-state index in [2.05, 4.69) is 4.98 Å². The highest BCUT2D eigenvalue weighted by molar-refractivity contribution is 7.13. The molecule has 0 radical (unpaired) electrons. The first-order valence-corrected chi connectivity index (χ1v) is 9.00. The second-order valence-corrected chi connectivity index (χ2v) is 7.08. The Bertz CT molecular complexity index is 762. The number of benzene rings is 1. The zero-order chi connectivity index (χ0) is 17.1. The van der Waals surface area contributed by atoms with E-state index in [-0.39, 0.29) is 18.9 Å². The summed E-state index contributed by atoms with van der Waals surface area (Å²) in [5.41, 5.74) is 1.55. The van der Waals surface area contributed by atoms with Crippen LogP contribution in [0, 0.1) is 5.92 Å². The number of piperidine rings is 1. The maximum Gasteiger partial charge on any atom is 0.308 e. The van der Waals surface area contributed by atoms with Crippen LogP contribution >= 0.6 is 22.9 Å². The molecule has 1 amide bonds. The lowest BCUT2D eigenvalue weighted by Crippen LogP contribution is -2.43. The Morgan fingerprint density at radius 3 is 2.92 bits per heavy atom. The third-order valence-electron chi connectivity index (χ3n) is 4.11. The molecule has 1 saturated heterocycles. The minimum atomic E-state index is -0.831. The molecule has 1 fully saturated rings. The van der Waals surface area contributed by atoms with Crippen LogP contribution in [-0.4, -0.2) is 40.0 Å². The minimum Gasteiger partial charge on any atom is -0.481 e. The van der Waals surface area contributed by atoms with Crippen LogP contribution in [0.5, 0.6) is 0 Å². The van der Waals surface area contributed by atoms with Crippen molar-refractivity contribution in [2.45, 2.75) is 19.3 Å². The predicted molar refractivity (Wildman–Crippen MR) is 93.2 cm³/mol. The minimum absolute atomic E-state index is 0.0723. The number of halogens is 1. The third kappa shape index (κ3) is 3.76. The van der Waals surface area contributed by atoms with Crippen LogP contribution in [0.15, 0.2) is 29.6 Å². The molecular weight excluding hydrogens is 348 g/mol. The van der Waals surface area contributed by atoms with E-state index in [0.717, 1.165) is 17.0 Å². The maximum atomic E-state index is 12.4. The highest BCUT2D eigenvalue weighted by atomic mass is 35.5. The third-order valence-corrected chi connectivity index (χ3v) is 5.37. The summed E-state index contributed by atoms with van der Waals surface area (Å²) < 4.78 is 0. The molecule has 1 aliphatic rings. The number of carbonyl (C=O) groups excluding carboxylic acids is 1. The summed E-state index contributed by atoms with van der Waals surface area (Å²) in [4.78, 5) is 29.7. The molecule has 0 bridgehead atoms. The van der Waals surface area contributed by atoms with E-state index >= 15 is 0 Å². The van der Waals surface area contributed by atoms with Gasteiger partial charge < -0.3 is 10.0 Å². The normalized spacial score (nSPS) is 17.7. The van der Waals surface area contributed by atoms with E-state index in [1.54, 1.807) is 4.90 Å². The van der Waals surface area contributed by atoms with Gasteiger partial charge in [-0.05, 0) is 18.9 Å². The number of rotatable bonds is 4. The Balaban J connectivity index is 1.67. The highest BCUT2D eigenvalue weighted by Gasteiger charge is 2.28. The van der Waals surface area contributed by atoms with Crippen molar-refractivity contribution in [1.29, 1.82) is 0 Å². The molecular formula is C17H17ClN2O3S. The summed E-state index contributed by atoms with van der Waals surface area (Å²) in [5, 5.41) is 12.4. The van der Waals surface area contributed by atoms with Gasteiger partial charge in [-0.25, -0.2) is 4.98 Å². The van der Waals surface area contributed by atoms with E-state index in [9.17, 15) is 9.59 Å². The average molecular weight is 365 g/mol. The van der Waals surface area contributed by atoms with Gasteiger partial charge in [-0.3, -0.25) is 9.59 Å². The summed E-state index contributed by atoms with van der Waals surface area (Å²) in [6.07, 6.45) is 1.55. The van der Waals surface area contributed by atoms with Gasteiger partial charge in [0.05, 0.1) is 23.1 Å². The Labute approximate surface area is 148 Å². The van der Waals surface area contributed by atoms with Gasteiger partial charge in [-0.2, -0.15) is 0 Å². The van der Waals surface area contributed by atoms with Gasteiger partial charge in [0, 0.05) is 24.0 Å².